The molecule has 0 aromatic rings. The second kappa shape index (κ2) is 4.25. The molecule has 2 fully saturated rings. The molecule has 7 heteroatoms. The average molecular weight is 278 g/mol. The number of rotatable bonds is 2. The van der Waals surface area contributed by atoms with Gasteiger partial charge in [0.1, 0.15) is 6.10 Å². The molecule has 2 aliphatic rings. The predicted molar refractivity (Wildman–Crippen MR) is 56.9 cm³/mol. The Bertz CT molecular complexity index is 443. The van der Waals surface area contributed by atoms with Crippen molar-refractivity contribution in [1.82, 2.24) is 0 Å². The fourth-order valence-electron chi connectivity index (χ4n) is 2.64. The van der Waals surface area contributed by atoms with Gasteiger partial charge in [-0.05, 0) is 26.2 Å². The van der Waals surface area contributed by atoms with Crippen molar-refractivity contribution in [2.75, 3.05) is 0 Å². The van der Waals surface area contributed by atoms with Crippen LogP contribution in [0.15, 0.2) is 12.2 Å². The molecule has 0 N–H and O–H groups in total. The Morgan fingerprint density at radius 1 is 1.47 bits per heavy atom. The van der Waals surface area contributed by atoms with E-state index in [0.29, 0.717) is 12.8 Å². The molecule has 0 bridgehead atoms. The van der Waals surface area contributed by atoms with Gasteiger partial charge in [0, 0.05) is 5.57 Å². The van der Waals surface area contributed by atoms with Crippen LogP contribution in [0.4, 0.5) is 13.2 Å². The number of ether oxygens (including phenoxy) is 2. The van der Waals surface area contributed by atoms with E-state index in [-0.39, 0.29) is 12.0 Å². The molecule has 3 unspecified atom stereocenters. The zero-order valence-corrected chi connectivity index (χ0v) is 10.3. The Balaban J connectivity index is 2.43. The van der Waals surface area contributed by atoms with E-state index in [2.05, 4.69) is 11.3 Å². The van der Waals surface area contributed by atoms with E-state index in [0.717, 1.165) is 0 Å². The molecule has 0 radical (unpaired) electrons. The smallest absolute Gasteiger partial charge is 0.440 e. The summed E-state index contributed by atoms with van der Waals surface area (Å²) in [5.74, 6) is -3.92. The van der Waals surface area contributed by atoms with Crippen molar-refractivity contribution in [3.05, 3.63) is 12.2 Å². The summed E-state index contributed by atoms with van der Waals surface area (Å²) in [6.07, 6.45) is -4.82. The lowest BCUT2D eigenvalue weighted by Gasteiger charge is -2.31. The summed E-state index contributed by atoms with van der Waals surface area (Å²) in [5, 5.41) is 0. The first-order valence-electron chi connectivity index (χ1n) is 5.87. The quantitative estimate of drug-likeness (QED) is 0.573. The minimum absolute atomic E-state index is 0.138. The first-order chi connectivity index (χ1) is 8.70. The summed E-state index contributed by atoms with van der Waals surface area (Å²) in [4.78, 5) is 23.1. The summed E-state index contributed by atoms with van der Waals surface area (Å²) >= 11 is 0. The fraction of sp³-hybridized carbons (Fsp3) is 0.667. The third-order valence-electron chi connectivity index (χ3n) is 3.56. The van der Waals surface area contributed by atoms with Gasteiger partial charge in [0.15, 0.2) is 0 Å². The minimum Gasteiger partial charge on any atom is -0.459 e. The molecule has 106 valence electrons. The molecule has 19 heavy (non-hydrogen) atoms. The number of hydrogen-bond acceptors (Lipinski definition) is 4. The van der Waals surface area contributed by atoms with Crippen LogP contribution in [0, 0.1) is 5.92 Å². The summed E-state index contributed by atoms with van der Waals surface area (Å²) < 4.78 is 49.2. The maximum Gasteiger partial charge on any atom is 0.440 e. The Morgan fingerprint density at radius 3 is 2.63 bits per heavy atom. The number of carbonyl (C=O) groups is 2. The molecule has 0 amide bonds. The summed E-state index contributed by atoms with van der Waals surface area (Å²) in [6.45, 7) is 4.45. The molecular weight excluding hydrogens is 265 g/mol. The monoisotopic (exact) mass is 278 g/mol. The van der Waals surface area contributed by atoms with Crippen molar-refractivity contribution in [3.8, 4) is 0 Å². The minimum atomic E-state index is -5.00. The van der Waals surface area contributed by atoms with Crippen molar-refractivity contribution in [2.24, 2.45) is 5.92 Å². The number of alkyl halides is 3. The number of esters is 2. The van der Waals surface area contributed by atoms with E-state index in [1.165, 1.54) is 6.92 Å². The van der Waals surface area contributed by atoms with Crippen LogP contribution < -0.4 is 0 Å². The van der Waals surface area contributed by atoms with Gasteiger partial charge in [0.2, 0.25) is 0 Å². The predicted octanol–water partition coefficient (Wildman–Crippen LogP) is 2.13. The van der Waals surface area contributed by atoms with E-state index < -0.39 is 35.7 Å². The van der Waals surface area contributed by atoms with Crippen molar-refractivity contribution in [1.29, 1.82) is 0 Å². The SMILES string of the molecule is C=C(C)C(=O)OC1(C(F)(F)F)C(=O)OC2CCCC21. The second-order valence-corrected chi connectivity index (χ2v) is 4.88. The van der Waals surface area contributed by atoms with E-state index >= 15 is 0 Å². The number of carbonyl (C=O) groups excluding carboxylic acids is 2. The van der Waals surface area contributed by atoms with Gasteiger partial charge in [0.25, 0.3) is 0 Å². The average Bonchev–Trinajstić information content (AvgIpc) is 2.79. The van der Waals surface area contributed by atoms with Gasteiger partial charge in [-0.3, -0.25) is 0 Å². The van der Waals surface area contributed by atoms with E-state index in [1.807, 2.05) is 0 Å². The highest BCUT2D eigenvalue weighted by molar-refractivity contribution is 5.92. The van der Waals surface area contributed by atoms with Crippen molar-refractivity contribution in [3.63, 3.8) is 0 Å². The lowest BCUT2D eigenvalue weighted by atomic mass is 9.86. The number of halogens is 3. The summed E-state index contributed by atoms with van der Waals surface area (Å²) in [5.41, 5.74) is -3.37. The highest BCUT2D eigenvalue weighted by Gasteiger charge is 2.75. The fourth-order valence-corrected chi connectivity index (χ4v) is 2.64. The topological polar surface area (TPSA) is 52.6 Å². The Morgan fingerprint density at radius 2 is 2.11 bits per heavy atom. The van der Waals surface area contributed by atoms with Gasteiger partial charge in [0.05, 0.1) is 5.92 Å². The van der Waals surface area contributed by atoms with Gasteiger partial charge in [-0.25, -0.2) is 9.59 Å². The van der Waals surface area contributed by atoms with E-state index in [1.54, 1.807) is 0 Å². The van der Waals surface area contributed by atoms with Crippen LogP contribution >= 0.6 is 0 Å². The van der Waals surface area contributed by atoms with Crippen LogP contribution in [0.5, 0.6) is 0 Å². The maximum atomic E-state index is 13.3. The van der Waals surface area contributed by atoms with Crippen LogP contribution in [0.1, 0.15) is 26.2 Å². The maximum absolute atomic E-state index is 13.3. The Kier molecular flexibility index (Phi) is 3.10. The Hall–Kier alpha value is -1.53. The molecule has 1 saturated carbocycles. The first-order valence-corrected chi connectivity index (χ1v) is 5.87. The van der Waals surface area contributed by atoms with Crippen LogP contribution in [0.25, 0.3) is 0 Å². The first kappa shape index (κ1) is 13.9. The van der Waals surface area contributed by atoms with E-state index in [4.69, 9.17) is 4.74 Å². The molecule has 1 saturated heterocycles. The lowest BCUT2D eigenvalue weighted by molar-refractivity contribution is -0.270. The largest absolute Gasteiger partial charge is 0.459 e. The van der Waals surface area contributed by atoms with E-state index in [9.17, 15) is 22.8 Å². The molecule has 0 aromatic heterocycles. The zero-order chi connectivity index (χ0) is 14.4. The molecule has 1 heterocycles. The van der Waals surface area contributed by atoms with Gasteiger partial charge < -0.3 is 9.47 Å². The summed E-state index contributed by atoms with van der Waals surface area (Å²) in [6, 6.07) is 0. The van der Waals surface area contributed by atoms with Crippen LogP contribution in [-0.4, -0.2) is 29.8 Å². The van der Waals surface area contributed by atoms with Gasteiger partial charge in [-0.2, -0.15) is 13.2 Å². The molecule has 2 rings (SSSR count). The molecule has 3 atom stereocenters. The molecule has 0 aromatic carbocycles. The zero-order valence-electron chi connectivity index (χ0n) is 10.3. The van der Waals surface area contributed by atoms with Crippen LogP contribution in [0.2, 0.25) is 0 Å². The Labute approximate surface area is 107 Å². The third kappa shape index (κ3) is 1.91. The lowest BCUT2D eigenvalue weighted by Crippen LogP contribution is -2.57. The second-order valence-electron chi connectivity index (χ2n) is 4.88. The number of hydrogen-bond donors (Lipinski definition) is 0. The van der Waals surface area contributed by atoms with Gasteiger partial charge >= 0.3 is 23.7 Å². The third-order valence-corrected chi connectivity index (χ3v) is 3.56. The normalized spacial score (nSPS) is 33.8. The molecule has 1 aliphatic heterocycles. The highest BCUT2D eigenvalue weighted by Crippen LogP contribution is 2.52. The molecule has 1 aliphatic carbocycles. The van der Waals surface area contributed by atoms with Gasteiger partial charge in [-0.15, -0.1) is 0 Å². The van der Waals surface area contributed by atoms with Crippen LogP contribution in [0.3, 0.4) is 0 Å². The van der Waals surface area contributed by atoms with Crippen molar-refractivity contribution >= 4 is 11.9 Å². The standard InChI is InChI=1S/C12H13F3O4/c1-6(2)9(16)19-11(12(13,14)15)7-4-3-5-8(7)18-10(11)17/h7-8H,1,3-5H2,2H3. The molecule has 0 spiro atoms. The number of fused-ring (bicyclic) bond motifs is 1. The van der Waals surface area contributed by atoms with Crippen molar-refractivity contribution in [2.45, 2.75) is 44.1 Å². The highest BCUT2D eigenvalue weighted by atomic mass is 19.4. The van der Waals surface area contributed by atoms with Gasteiger partial charge in [-0.1, -0.05) is 6.58 Å². The van der Waals surface area contributed by atoms with Crippen molar-refractivity contribution < 1.29 is 32.2 Å². The summed E-state index contributed by atoms with van der Waals surface area (Å²) in [7, 11) is 0. The molecule has 4 nitrogen and oxygen atoms in total. The van der Waals surface area contributed by atoms with Crippen LogP contribution in [-0.2, 0) is 19.1 Å². The molecular formula is C12H13F3O4.